The van der Waals surface area contributed by atoms with Gasteiger partial charge in [-0.2, -0.15) is 0 Å². The number of hydrogen-bond donors (Lipinski definition) is 4. The van der Waals surface area contributed by atoms with Gasteiger partial charge in [0.25, 0.3) is 0 Å². The molecule has 1 aliphatic rings. The molecule has 2 rings (SSSR count). The highest BCUT2D eigenvalue weighted by Crippen LogP contribution is 2.08. The van der Waals surface area contributed by atoms with Crippen LogP contribution in [0.25, 0.3) is 0 Å². The van der Waals surface area contributed by atoms with Crippen LogP contribution in [0.4, 0.5) is 0 Å². The summed E-state index contributed by atoms with van der Waals surface area (Å²) in [5, 5.41) is 17.8. The van der Waals surface area contributed by atoms with E-state index in [0.29, 0.717) is 25.2 Å². The molecule has 2 heterocycles. The van der Waals surface area contributed by atoms with E-state index in [1.54, 1.807) is 12.3 Å². The maximum atomic E-state index is 11.1. The Kier molecular flexibility index (Phi) is 4.30. The molecule has 0 bridgehead atoms. The number of hydrogen-bond acceptors (Lipinski definition) is 5. The summed E-state index contributed by atoms with van der Waals surface area (Å²) >= 11 is 0. The molecule has 1 saturated heterocycles. The van der Waals surface area contributed by atoms with E-state index in [0.717, 1.165) is 12.0 Å². The molecule has 0 saturated carbocycles. The average Bonchev–Trinajstić information content (AvgIpc) is 2.46. The zero-order valence-electron chi connectivity index (χ0n) is 10.5. The van der Waals surface area contributed by atoms with Crippen molar-refractivity contribution in [3.63, 3.8) is 0 Å². The number of rotatable bonds is 4. The molecular weight excluding hydrogens is 246 g/mol. The number of amides is 1. The third-order valence-electron chi connectivity index (χ3n) is 3.09. The van der Waals surface area contributed by atoms with Crippen LogP contribution in [-0.2, 0) is 11.3 Å². The van der Waals surface area contributed by atoms with Crippen molar-refractivity contribution in [3.8, 4) is 0 Å². The first-order valence-corrected chi connectivity index (χ1v) is 6.12. The molecule has 5 N–H and O–H groups in total. The number of nitrogens with one attached hydrogen (secondary N) is 2. The lowest BCUT2D eigenvalue weighted by atomic mass is 10.1. The summed E-state index contributed by atoms with van der Waals surface area (Å²) in [6, 6.07) is 3.90. The third-order valence-corrected chi connectivity index (χ3v) is 3.09. The number of pyridine rings is 1. The van der Waals surface area contributed by atoms with Gasteiger partial charge >= 0.3 is 0 Å². The first kappa shape index (κ1) is 13.3. The molecule has 1 unspecified atom stereocenters. The number of oxime groups is 1. The molecule has 1 fully saturated rings. The molecule has 7 heteroatoms. The summed E-state index contributed by atoms with van der Waals surface area (Å²) in [4.78, 5) is 15.2. The Morgan fingerprint density at radius 3 is 3.21 bits per heavy atom. The second kappa shape index (κ2) is 6.14. The third kappa shape index (κ3) is 3.41. The Balaban J connectivity index is 1.98. The number of carbonyl (C=O) groups is 1. The largest absolute Gasteiger partial charge is 0.409 e. The van der Waals surface area contributed by atoms with Gasteiger partial charge in [-0.15, -0.1) is 0 Å². The molecule has 0 spiro atoms. The van der Waals surface area contributed by atoms with Crippen LogP contribution in [0.5, 0.6) is 0 Å². The summed E-state index contributed by atoms with van der Waals surface area (Å²) < 4.78 is 0. The molecule has 7 nitrogen and oxygen atoms in total. The molecule has 0 aromatic carbocycles. The van der Waals surface area contributed by atoms with Crippen LogP contribution in [0.1, 0.15) is 24.1 Å². The van der Waals surface area contributed by atoms with E-state index < -0.39 is 0 Å². The van der Waals surface area contributed by atoms with Gasteiger partial charge in [0.2, 0.25) is 5.91 Å². The minimum absolute atomic E-state index is 0.00523. The van der Waals surface area contributed by atoms with Crippen molar-refractivity contribution in [2.75, 3.05) is 6.54 Å². The molecule has 0 radical (unpaired) electrons. The highest BCUT2D eigenvalue weighted by atomic mass is 16.4. The normalized spacial score (nSPS) is 20.1. The zero-order chi connectivity index (χ0) is 13.7. The van der Waals surface area contributed by atoms with Crippen molar-refractivity contribution >= 4 is 11.7 Å². The SMILES string of the molecule is NC(=NO)c1ncccc1CNC1CCC(=O)NC1. The van der Waals surface area contributed by atoms with Crippen LogP contribution in [0.2, 0.25) is 0 Å². The quantitative estimate of drug-likeness (QED) is 0.254. The fourth-order valence-electron chi connectivity index (χ4n) is 2.02. The van der Waals surface area contributed by atoms with Gasteiger partial charge in [0.05, 0.1) is 0 Å². The van der Waals surface area contributed by atoms with Crippen LogP contribution < -0.4 is 16.4 Å². The van der Waals surface area contributed by atoms with Crippen molar-refractivity contribution in [1.82, 2.24) is 15.6 Å². The fraction of sp³-hybridized carbons (Fsp3) is 0.417. The summed E-state index contributed by atoms with van der Waals surface area (Å²) in [5.74, 6) is 0.0890. The summed E-state index contributed by atoms with van der Waals surface area (Å²) in [7, 11) is 0. The number of aromatic nitrogens is 1. The standard InChI is InChI=1S/C12H17N5O2/c13-12(17-19)11-8(2-1-5-14-11)6-15-9-3-4-10(18)16-7-9/h1-2,5,9,15,19H,3-4,6-7H2,(H2,13,17)(H,16,18). The van der Waals surface area contributed by atoms with Gasteiger partial charge in [0.15, 0.2) is 5.84 Å². The average molecular weight is 263 g/mol. The van der Waals surface area contributed by atoms with E-state index in [2.05, 4.69) is 20.8 Å². The number of nitrogens with zero attached hydrogens (tertiary/aromatic N) is 2. The summed E-state index contributed by atoms with van der Waals surface area (Å²) in [6.45, 7) is 1.18. The van der Waals surface area contributed by atoms with Crippen LogP contribution in [0.3, 0.4) is 0 Å². The smallest absolute Gasteiger partial charge is 0.220 e. The lowest BCUT2D eigenvalue weighted by molar-refractivity contribution is -0.122. The van der Waals surface area contributed by atoms with Crippen LogP contribution in [0, 0.1) is 0 Å². The fourth-order valence-corrected chi connectivity index (χ4v) is 2.02. The lowest BCUT2D eigenvalue weighted by Crippen LogP contribution is -2.45. The molecular formula is C12H17N5O2. The molecule has 0 aliphatic carbocycles. The van der Waals surface area contributed by atoms with Gasteiger partial charge in [-0.1, -0.05) is 11.2 Å². The number of carbonyl (C=O) groups excluding carboxylic acids is 1. The molecule has 1 amide bonds. The van der Waals surface area contributed by atoms with Gasteiger partial charge in [-0.05, 0) is 18.1 Å². The van der Waals surface area contributed by atoms with E-state index in [1.165, 1.54) is 0 Å². The van der Waals surface area contributed by atoms with Crippen LogP contribution in [0.15, 0.2) is 23.5 Å². The van der Waals surface area contributed by atoms with Crippen molar-refractivity contribution < 1.29 is 10.0 Å². The second-order valence-corrected chi connectivity index (χ2v) is 4.42. The number of piperidine rings is 1. The Morgan fingerprint density at radius 1 is 1.68 bits per heavy atom. The van der Waals surface area contributed by atoms with Crippen molar-refractivity contribution in [2.45, 2.75) is 25.4 Å². The monoisotopic (exact) mass is 263 g/mol. The first-order chi connectivity index (χ1) is 9.20. The molecule has 19 heavy (non-hydrogen) atoms. The van der Waals surface area contributed by atoms with Gasteiger partial charge in [-0.25, -0.2) is 0 Å². The van der Waals surface area contributed by atoms with Gasteiger partial charge < -0.3 is 21.6 Å². The number of amidine groups is 1. The van der Waals surface area contributed by atoms with E-state index in [9.17, 15) is 4.79 Å². The zero-order valence-corrected chi connectivity index (χ0v) is 10.5. The maximum absolute atomic E-state index is 11.1. The van der Waals surface area contributed by atoms with Crippen molar-refractivity contribution in [3.05, 3.63) is 29.6 Å². The highest BCUT2D eigenvalue weighted by Gasteiger charge is 2.18. The Hall–Kier alpha value is -2.15. The van der Waals surface area contributed by atoms with Crippen LogP contribution >= 0.6 is 0 Å². The number of nitrogens with two attached hydrogens (primary N) is 1. The van der Waals surface area contributed by atoms with E-state index in [4.69, 9.17) is 10.9 Å². The molecule has 1 aromatic heterocycles. The second-order valence-electron chi connectivity index (χ2n) is 4.42. The Morgan fingerprint density at radius 2 is 2.53 bits per heavy atom. The molecule has 1 aromatic rings. The minimum Gasteiger partial charge on any atom is -0.409 e. The molecule has 1 atom stereocenters. The lowest BCUT2D eigenvalue weighted by Gasteiger charge is -2.23. The van der Waals surface area contributed by atoms with Crippen molar-refractivity contribution in [1.29, 1.82) is 0 Å². The Bertz CT molecular complexity index is 479. The highest BCUT2D eigenvalue weighted by molar-refractivity contribution is 5.96. The van der Waals surface area contributed by atoms with Gasteiger partial charge in [0.1, 0.15) is 5.69 Å². The minimum atomic E-state index is -0.00523. The summed E-state index contributed by atoms with van der Waals surface area (Å²) in [6.07, 6.45) is 2.94. The molecule has 1 aliphatic heterocycles. The predicted molar refractivity (Wildman–Crippen MR) is 69.6 cm³/mol. The van der Waals surface area contributed by atoms with E-state index in [1.807, 2.05) is 6.07 Å². The van der Waals surface area contributed by atoms with Crippen molar-refractivity contribution in [2.24, 2.45) is 10.9 Å². The molecule has 102 valence electrons. The Labute approximate surface area is 110 Å². The first-order valence-electron chi connectivity index (χ1n) is 6.12. The van der Waals surface area contributed by atoms with Gasteiger partial charge in [-0.3, -0.25) is 9.78 Å². The van der Waals surface area contributed by atoms with E-state index in [-0.39, 0.29) is 17.8 Å². The van der Waals surface area contributed by atoms with Gasteiger partial charge in [0, 0.05) is 31.7 Å². The topological polar surface area (TPSA) is 113 Å². The van der Waals surface area contributed by atoms with Crippen LogP contribution in [-0.4, -0.2) is 34.5 Å². The summed E-state index contributed by atoms with van der Waals surface area (Å²) in [5.41, 5.74) is 6.90. The van der Waals surface area contributed by atoms with E-state index >= 15 is 0 Å². The maximum Gasteiger partial charge on any atom is 0.220 e. The predicted octanol–water partition coefficient (Wildman–Crippen LogP) is -0.456.